The van der Waals surface area contributed by atoms with Gasteiger partial charge in [-0.1, -0.05) is 23.3 Å². The van der Waals surface area contributed by atoms with Crippen LogP contribution in [0.4, 0.5) is 0 Å². The van der Waals surface area contributed by atoms with Crippen LogP contribution in [0, 0.1) is 6.92 Å². The minimum absolute atomic E-state index is 0.286. The van der Waals surface area contributed by atoms with Gasteiger partial charge in [-0.05, 0) is 37.9 Å². The molecular weight excluding hydrogens is 304 g/mol. The average molecular weight is 321 g/mol. The standard InChI is InChI=1S/C12H17ClN2O2S2/c1-9-8-11(18-12(9)13)19(16,17)15-7-4-10-2-5-14-6-3-10/h2,8,14-15H,3-7H2,1H3. The molecule has 0 aromatic carbocycles. The summed E-state index contributed by atoms with van der Waals surface area (Å²) < 4.78 is 27.5. The zero-order valence-corrected chi connectivity index (χ0v) is 13.1. The molecule has 0 atom stereocenters. The fourth-order valence-corrected chi connectivity index (χ4v) is 4.66. The second-order valence-corrected chi connectivity index (χ2v) is 8.13. The van der Waals surface area contributed by atoms with E-state index >= 15 is 0 Å². The SMILES string of the molecule is Cc1cc(S(=O)(=O)NCCC2=CCNCC2)sc1Cl. The largest absolute Gasteiger partial charge is 0.313 e. The van der Waals surface area contributed by atoms with Crippen molar-refractivity contribution in [3.63, 3.8) is 0 Å². The molecule has 1 aliphatic heterocycles. The second-order valence-electron chi connectivity index (χ2n) is 4.49. The van der Waals surface area contributed by atoms with E-state index in [4.69, 9.17) is 11.6 Å². The minimum atomic E-state index is -3.42. The summed E-state index contributed by atoms with van der Waals surface area (Å²) in [6.07, 6.45) is 3.88. The molecule has 0 saturated heterocycles. The van der Waals surface area contributed by atoms with Crippen molar-refractivity contribution in [3.8, 4) is 0 Å². The first-order chi connectivity index (χ1) is 8.99. The molecule has 2 heterocycles. The van der Waals surface area contributed by atoms with E-state index in [0.717, 1.165) is 42.8 Å². The molecule has 0 unspecified atom stereocenters. The quantitative estimate of drug-likeness (QED) is 0.818. The fraction of sp³-hybridized carbons (Fsp3) is 0.500. The zero-order valence-electron chi connectivity index (χ0n) is 10.7. The smallest absolute Gasteiger partial charge is 0.250 e. The molecule has 1 aromatic rings. The second kappa shape index (κ2) is 6.37. The van der Waals surface area contributed by atoms with Crippen molar-refractivity contribution in [2.45, 2.75) is 24.0 Å². The third-order valence-corrected chi connectivity index (χ3v) is 6.49. The fourth-order valence-electron chi connectivity index (χ4n) is 1.88. The number of hydrogen-bond donors (Lipinski definition) is 2. The van der Waals surface area contributed by atoms with Gasteiger partial charge < -0.3 is 5.32 Å². The van der Waals surface area contributed by atoms with Crippen molar-refractivity contribution in [2.75, 3.05) is 19.6 Å². The summed E-state index contributed by atoms with van der Waals surface area (Å²) in [4.78, 5) is 0. The molecule has 106 valence electrons. The number of halogens is 1. The molecule has 0 amide bonds. The van der Waals surface area contributed by atoms with E-state index < -0.39 is 10.0 Å². The van der Waals surface area contributed by atoms with Gasteiger partial charge in [-0.3, -0.25) is 0 Å². The molecule has 19 heavy (non-hydrogen) atoms. The number of hydrogen-bond acceptors (Lipinski definition) is 4. The van der Waals surface area contributed by atoms with Crippen LogP contribution in [0.2, 0.25) is 4.34 Å². The van der Waals surface area contributed by atoms with Crippen LogP contribution in [0.3, 0.4) is 0 Å². The van der Waals surface area contributed by atoms with Gasteiger partial charge >= 0.3 is 0 Å². The Labute approximate surface area is 122 Å². The van der Waals surface area contributed by atoms with Crippen LogP contribution in [0.15, 0.2) is 21.9 Å². The molecule has 0 bridgehead atoms. The topological polar surface area (TPSA) is 58.2 Å². The molecule has 0 fully saturated rings. The highest BCUT2D eigenvalue weighted by Gasteiger charge is 2.18. The van der Waals surface area contributed by atoms with Crippen molar-refractivity contribution in [1.82, 2.24) is 10.0 Å². The van der Waals surface area contributed by atoms with Gasteiger partial charge in [-0.25, -0.2) is 13.1 Å². The third-order valence-electron chi connectivity index (χ3n) is 3.00. The van der Waals surface area contributed by atoms with E-state index in [1.165, 1.54) is 5.57 Å². The zero-order chi connectivity index (χ0) is 13.9. The molecule has 0 saturated carbocycles. The lowest BCUT2D eigenvalue weighted by Gasteiger charge is -2.13. The van der Waals surface area contributed by atoms with Crippen molar-refractivity contribution < 1.29 is 8.42 Å². The normalized spacial score (nSPS) is 16.4. The van der Waals surface area contributed by atoms with Gasteiger partial charge in [-0.2, -0.15) is 0 Å². The Morgan fingerprint density at radius 2 is 2.32 bits per heavy atom. The summed E-state index contributed by atoms with van der Waals surface area (Å²) in [5.41, 5.74) is 2.11. The Balaban J connectivity index is 1.92. The van der Waals surface area contributed by atoms with E-state index in [9.17, 15) is 8.42 Å². The third kappa shape index (κ3) is 4.03. The number of nitrogens with one attached hydrogen (secondary N) is 2. The minimum Gasteiger partial charge on any atom is -0.313 e. The van der Waals surface area contributed by atoms with E-state index in [0.29, 0.717) is 10.9 Å². The van der Waals surface area contributed by atoms with Crippen molar-refractivity contribution in [1.29, 1.82) is 0 Å². The number of thiophene rings is 1. The van der Waals surface area contributed by atoms with Crippen LogP contribution in [0.1, 0.15) is 18.4 Å². The lowest BCUT2D eigenvalue weighted by molar-refractivity contribution is 0.582. The average Bonchev–Trinajstić information content (AvgIpc) is 2.72. The lowest BCUT2D eigenvalue weighted by Crippen LogP contribution is -2.26. The van der Waals surface area contributed by atoms with Crippen molar-refractivity contribution >= 4 is 33.0 Å². The maximum absolute atomic E-state index is 12.0. The maximum Gasteiger partial charge on any atom is 0.250 e. The van der Waals surface area contributed by atoms with E-state index in [1.807, 2.05) is 0 Å². The highest BCUT2D eigenvalue weighted by molar-refractivity contribution is 7.91. The molecule has 1 aliphatic rings. The monoisotopic (exact) mass is 320 g/mol. The Kier molecular flexibility index (Phi) is 5.03. The Bertz CT molecular complexity index is 559. The first-order valence-electron chi connectivity index (χ1n) is 6.13. The summed E-state index contributed by atoms with van der Waals surface area (Å²) >= 11 is 7.00. The van der Waals surface area contributed by atoms with Gasteiger partial charge in [0.05, 0.1) is 4.34 Å². The molecule has 0 aliphatic carbocycles. The number of aryl methyl sites for hydroxylation is 1. The van der Waals surface area contributed by atoms with Crippen LogP contribution in [0.5, 0.6) is 0 Å². The van der Waals surface area contributed by atoms with E-state index in [1.54, 1.807) is 13.0 Å². The molecule has 0 spiro atoms. The molecule has 0 radical (unpaired) electrons. The number of rotatable bonds is 5. The van der Waals surface area contributed by atoms with Crippen LogP contribution in [-0.4, -0.2) is 28.1 Å². The molecule has 2 N–H and O–H groups in total. The molecule has 1 aromatic heterocycles. The van der Waals surface area contributed by atoms with Crippen LogP contribution >= 0.6 is 22.9 Å². The van der Waals surface area contributed by atoms with E-state index in [-0.39, 0.29) is 4.21 Å². The summed E-state index contributed by atoms with van der Waals surface area (Å²) in [7, 11) is -3.42. The predicted octanol–water partition coefficient (Wildman–Crippen LogP) is 2.30. The van der Waals surface area contributed by atoms with Crippen LogP contribution < -0.4 is 10.0 Å². The molecule has 7 heteroatoms. The predicted molar refractivity (Wildman–Crippen MR) is 79.4 cm³/mol. The lowest BCUT2D eigenvalue weighted by atomic mass is 10.1. The summed E-state index contributed by atoms with van der Waals surface area (Å²) in [5, 5.41) is 3.23. The van der Waals surface area contributed by atoms with Gasteiger partial charge in [-0.15, -0.1) is 11.3 Å². The van der Waals surface area contributed by atoms with Gasteiger partial charge in [0.15, 0.2) is 0 Å². The first-order valence-corrected chi connectivity index (χ1v) is 8.81. The van der Waals surface area contributed by atoms with E-state index in [2.05, 4.69) is 16.1 Å². The van der Waals surface area contributed by atoms with Crippen LogP contribution in [-0.2, 0) is 10.0 Å². The molecular formula is C12H17ClN2O2S2. The summed E-state index contributed by atoms with van der Waals surface area (Å²) in [6.45, 7) is 4.08. The van der Waals surface area contributed by atoms with Gasteiger partial charge in [0.1, 0.15) is 4.21 Å². The van der Waals surface area contributed by atoms with Crippen LogP contribution in [0.25, 0.3) is 0 Å². The Morgan fingerprint density at radius 3 is 2.89 bits per heavy atom. The van der Waals surface area contributed by atoms with Gasteiger partial charge in [0.2, 0.25) is 10.0 Å². The first kappa shape index (κ1) is 15.0. The van der Waals surface area contributed by atoms with Crippen molar-refractivity contribution in [2.24, 2.45) is 0 Å². The highest BCUT2D eigenvalue weighted by atomic mass is 35.5. The van der Waals surface area contributed by atoms with Crippen molar-refractivity contribution in [3.05, 3.63) is 27.6 Å². The van der Waals surface area contributed by atoms with Gasteiger partial charge in [0.25, 0.3) is 0 Å². The number of sulfonamides is 1. The summed E-state index contributed by atoms with van der Waals surface area (Å²) in [5.74, 6) is 0. The van der Waals surface area contributed by atoms with Gasteiger partial charge in [0, 0.05) is 13.1 Å². The molecule has 4 nitrogen and oxygen atoms in total. The summed E-state index contributed by atoms with van der Waals surface area (Å²) in [6, 6.07) is 1.61. The highest BCUT2D eigenvalue weighted by Crippen LogP contribution is 2.29. The molecule has 2 rings (SSSR count). The Hall–Kier alpha value is -0.400. The Morgan fingerprint density at radius 1 is 1.53 bits per heavy atom. The maximum atomic E-state index is 12.0.